The lowest BCUT2D eigenvalue weighted by molar-refractivity contribution is -0.140. The fraction of sp³-hybridized carbons (Fsp3) is 0.923. The molecule has 3 rings (SSSR count). The van der Waals surface area contributed by atoms with Gasteiger partial charge in [-0.25, -0.2) is 0 Å². The van der Waals surface area contributed by atoms with Crippen LogP contribution in [0, 0.1) is 17.3 Å². The lowest BCUT2D eigenvalue weighted by Crippen LogP contribution is -2.41. The second-order valence-electron chi connectivity index (χ2n) is 6.35. The zero-order valence-corrected chi connectivity index (χ0v) is 10.3. The number of nitrogens with zero attached hydrogens (tertiary/aromatic N) is 1. The van der Waals surface area contributed by atoms with Crippen LogP contribution in [0.1, 0.15) is 46.5 Å². The van der Waals surface area contributed by atoms with Gasteiger partial charge in [-0.15, -0.1) is 0 Å². The lowest BCUT2D eigenvalue weighted by atomic mass is 9.84. The SMILES string of the molecule is CC(C)(C)C(=O)N1CC2CCC(CC2)C1. The van der Waals surface area contributed by atoms with Crippen LogP contribution in [0.2, 0.25) is 0 Å². The summed E-state index contributed by atoms with van der Waals surface area (Å²) in [5, 5.41) is 0. The van der Waals surface area contributed by atoms with E-state index in [1.165, 1.54) is 25.7 Å². The van der Waals surface area contributed by atoms with Crippen molar-refractivity contribution >= 4 is 5.91 Å². The second-order valence-corrected chi connectivity index (χ2v) is 6.35. The van der Waals surface area contributed by atoms with E-state index in [1.807, 2.05) is 20.8 Å². The van der Waals surface area contributed by atoms with Gasteiger partial charge in [-0.3, -0.25) is 4.79 Å². The Morgan fingerprint density at radius 1 is 1.00 bits per heavy atom. The summed E-state index contributed by atoms with van der Waals surface area (Å²) in [6.45, 7) is 8.13. The maximum Gasteiger partial charge on any atom is 0.227 e. The molecule has 0 atom stereocenters. The standard InChI is InChI=1S/C13H23NO/c1-13(2,3)12(15)14-8-10-4-5-11(9-14)7-6-10/h10-11H,4-9H2,1-3H3. The van der Waals surface area contributed by atoms with Crippen molar-refractivity contribution in [2.45, 2.75) is 46.5 Å². The molecule has 1 saturated carbocycles. The molecule has 1 amide bonds. The summed E-state index contributed by atoms with van der Waals surface area (Å²) >= 11 is 0. The van der Waals surface area contributed by atoms with E-state index in [2.05, 4.69) is 4.90 Å². The molecule has 2 saturated heterocycles. The van der Waals surface area contributed by atoms with Crippen LogP contribution >= 0.6 is 0 Å². The molecule has 0 unspecified atom stereocenters. The molecule has 2 heteroatoms. The second kappa shape index (κ2) is 3.80. The van der Waals surface area contributed by atoms with Crippen LogP contribution in [0.5, 0.6) is 0 Å². The third-order valence-electron chi connectivity index (χ3n) is 3.85. The van der Waals surface area contributed by atoms with Gasteiger partial charge in [-0.05, 0) is 37.5 Å². The maximum absolute atomic E-state index is 12.2. The molecule has 2 aliphatic heterocycles. The van der Waals surface area contributed by atoms with Crippen LogP contribution in [0.3, 0.4) is 0 Å². The number of rotatable bonds is 0. The largest absolute Gasteiger partial charge is 0.342 e. The van der Waals surface area contributed by atoms with E-state index in [1.54, 1.807) is 0 Å². The van der Waals surface area contributed by atoms with Gasteiger partial charge in [0.2, 0.25) is 5.91 Å². The molecule has 3 fully saturated rings. The van der Waals surface area contributed by atoms with Crippen molar-refractivity contribution in [2.75, 3.05) is 13.1 Å². The fourth-order valence-electron chi connectivity index (χ4n) is 2.93. The van der Waals surface area contributed by atoms with Crippen LogP contribution in [0.4, 0.5) is 0 Å². The number of hydrogen-bond donors (Lipinski definition) is 0. The molecule has 3 aliphatic rings. The predicted octanol–water partition coefficient (Wildman–Crippen LogP) is 2.68. The summed E-state index contributed by atoms with van der Waals surface area (Å²) in [6.07, 6.45) is 5.38. The first-order valence-electron chi connectivity index (χ1n) is 6.26. The highest BCUT2D eigenvalue weighted by molar-refractivity contribution is 5.81. The van der Waals surface area contributed by atoms with Crippen LogP contribution in [-0.4, -0.2) is 23.9 Å². The molecule has 1 aliphatic carbocycles. The van der Waals surface area contributed by atoms with Gasteiger partial charge >= 0.3 is 0 Å². The van der Waals surface area contributed by atoms with Crippen LogP contribution in [-0.2, 0) is 4.79 Å². The first kappa shape index (κ1) is 11.0. The van der Waals surface area contributed by atoms with Crippen molar-refractivity contribution in [3.63, 3.8) is 0 Å². The van der Waals surface area contributed by atoms with E-state index in [-0.39, 0.29) is 5.41 Å². The summed E-state index contributed by atoms with van der Waals surface area (Å²) in [5.41, 5.74) is -0.205. The molecule has 2 bridgehead atoms. The van der Waals surface area contributed by atoms with Crippen LogP contribution in [0.15, 0.2) is 0 Å². The Morgan fingerprint density at radius 3 is 1.73 bits per heavy atom. The Kier molecular flexibility index (Phi) is 2.78. The highest BCUT2D eigenvalue weighted by Crippen LogP contribution is 2.35. The molecule has 15 heavy (non-hydrogen) atoms. The third kappa shape index (κ3) is 2.35. The van der Waals surface area contributed by atoms with Gasteiger partial charge in [0, 0.05) is 18.5 Å². The van der Waals surface area contributed by atoms with E-state index in [0.29, 0.717) is 5.91 Å². The molecule has 0 N–H and O–H groups in total. The van der Waals surface area contributed by atoms with E-state index >= 15 is 0 Å². The van der Waals surface area contributed by atoms with E-state index in [4.69, 9.17) is 0 Å². The molecular weight excluding hydrogens is 186 g/mol. The van der Waals surface area contributed by atoms with Gasteiger partial charge in [0.05, 0.1) is 0 Å². The number of carbonyl (C=O) groups excluding carboxylic acids is 1. The van der Waals surface area contributed by atoms with E-state index < -0.39 is 0 Å². The van der Waals surface area contributed by atoms with Crippen molar-refractivity contribution in [3.8, 4) is 0 Å². The Hall–Kier alpha value is -0.530. The predicted molar refractivity (Wildman–Crippen MR) is 61.5 cm³/mol. The Balaban J connectivity index is 2.07. The molecule has 86 valence electrons. The van der Waals surface area contributed by atoms with Crippen molar-refractivity contribution in [2.24, 2.45) is 17.3 Å². The van der Waals surface area contributed by atoms with Gasteiger partial charge < -0.3 is 4.90 Å². The van der Waals surface area contributed by atoms with Gasteiger partial charge in [-0.2, -0.15) is 0 Å². The minimum Gasteiger partial charge on any atom is -0.342 e. The summed E-state index contributed by atoms with van der Waals surface area (Å²) < 4.78 is 0. The fourth-order valence-corrected chi connectivity index (χ4v) is 2.93. The van der Waals surface area contributed by atoms with Gasteiger partial charge in [-0.1, -0.05) is 20.8 Å². The smallest absolute Gasteiger partial charge is 0.227 e. The average molecular weight is 209 g/mol. The zero-order valence-electron chi connectivity index (χ0n) is 10.3. The summed E-state index contributed by atoms with van der Waals surface area (Å²) in [7, 11) is 0. The molecule has 0 aromatic rings. The van der Waals surface area contributed by atoms with Gasteiger partial charge in [0.1, 0.15) is 0 Å². The highest BCUT2D eigenvalue weighted by Gasteiger charge is 2.35. The number of amides is 1. The van der Waals surface area contributed by atoms with Crippen LogP contribution in [0.25, 0.3) is 0 Å². The van der Waals surface area contributed by atoms with Crippen molar-refractivity contribution in [1.82, 2.24) is 4.90 Å². The monoisotopic (exact) mass is 209 g/mol. The Labute approximate surface area is 93.0 Å². The molecule has 2 nitrogen and oxygen atoms in total. The van der Waals surface area contributed by atoms with E-state index in [0.717, 1.165) is 24.9 Å². The lowest BCUT2D eigenvalue weighted by Gasteiger charge is -2.29. The van der Waals surface area contributed by atoms with E-state index in [9.17, 15) is 4.79 Å². The summed E-state index contributed by atoms with van der Waals surface area (Å²) in [5.74, 6) is 1.92. The van der Waals surface area contributed by atoms with Crippen molar-refractivity contribution in [3.05, 3.63) is 0 Å². The topological polar surface area (TPSA) is 20.3 Å². The molecule has 0 spiro atoms. The average Bonchev–Trinajstić information content (AvgIpc) is 2.47. The Bertz CT molecular complexity index is 232. The minimum atomic E-state index is -0.205. The van der Waals surface area contributed by atoms with Gasteiger partial charge in [0.15, 0.2) is 0 Å². The first-order valence-corrected chi connectivity index (χ1v) is 6.26. The quantitative estimate of drug-likeness (QED) is 0.600. The maximum atomic E-state index is 12.2. The number of carbonyl (C=O) groups is 1. The van der Waals surface area contributed by atoms with Crippen LogP contribution < -0.4 is 0 Å². The molecule has 0 aromatic heterocycles. The number of hydrogen-bond acceptors (Lipinski definition) is 1. The third-order valence-corrected chi connectivity index (χ3v) is 3.85. The van der Waals surface area contributed by atoms with Crippen molar-refractivity contribution in [1.29, 1.82) is 0 Å². The Morgan fingerprint density at radius 2 is 1.40 bits per heavy atom. The zero-order chi connectivity index (χ0) is 11.1. The normalized spacial score (nSPS) is 31.5. The molecule has 0 radical (unpaired) electrons. The molecular formula is C13H23NO. The molecule has 0 aromatic carbocycles. The first-order chi connectivity index (χ1) is 6.97. The highest BCUT2D eigenvalue weighted by atomic mass is 16.2. The van der Waals surface area contributed by atoms with Gasteiger partial charge in [0.25, 0.3) is 0 Å². The summed E-state index contributed by atoms with van der Waals surface area (Å²) in [4.78, 5) is 14.4. The minimum absolute atomic E-state index is 0.205. The van der Waals surface area contributed by atoms with Crippen molar-refractivity contribution < 1.29 is 4.79 Å². The molecule has 2 heterocycles. The number of fused-ring (bicyclic) bond motifs is 4. The summed E-state index contributed by atoms with van der Waals surface area (Å²) in [6, 6.07) is 0.